The Balaban J connectivity index is 1.32. The monoisotopic (exact) mass is 336 g/mol. The lowest BCUT2D eigenvalue weighted by Crippen LogP contribution is -2.49. The number of hydrogen-bond acceptors (Lipinski definition) is 5. The summed E-state index contributed by atoms with van der Waals surface area (Å²) in [5, 5.41) is 0. The van der Waals surface area contributed by atoms with Crippen LogP contribution < -0.4 is 4.90 Å². The predicted molar refractivity (Wildman–Crippen MR) is 95.2 cm³/mol. The lowest BCUT2D eigenvalue weighted by Gasteiger charge is -2.35. The summed E-state index contributed by atoms with van der Waals surface area (Å²) in [6.07, 6.45) is 7.43. The lowest BCUT2D eigenvalue weighted by atomic mass is 10.2. The van der Waals surface area contributed by atoms with E-state index in [1.807, 2.05) is 40.1 Å². The molecule has 1 amide bonds. The van der Waals surface area contributed by atoms with Gasteiger partial charge in [0.15, 0.2) is 0 Å². The Bertz CT molecular complexity index is 854. The van der Waals surface area contributed by atoms with Gasteiger partial charge in [-0.15, -0.1) is 0 Å². The normalized spacial score (nSPS) is 14.9. The predicted octanol–water partition coefficient (Wildman–Crippen LogP) is 1.57. The number of para-hydroxylation sites is 2. The van der Waals surface area contributed by atoms with E-state index in [0.717, 1.165) is 43.0 Å². The van der Waals surface area contributed by atoms with Crippen LogP contribution in [0, 0.1) is 0 Å². The number of benzene rings is 1. The highest BCUT2D eigenvalue weighted by atomic mass is 16.2. The van der Waals surface area contributed by atoms with Crippen LogP contribution in [0.3, 0.4) is 0 Å². The summed E-state index contributed by atoms with van der Waals surface area (Å²) in [6, 6.07) is 7.99. The Labute approximate surface area is 145 Å². The molecule has 2 aromatic heterocycles. The maximum atomic E-state index is 12.5. The molecule has 7 heteroatoms. The van der Waals surface area contributed by atoms with Crippen molar-refractivity contribution in [2.45, 2.75) is 13.0 Å². The van der Waals surface area contributed by atoms with Gasteiger partial charge in [0.1, 0.15) is 5.82 Å². The number of anilines is 1. The van der Waals surface area contributed by atoms with E-state index in [9.17, 15) is 4.79 Å². The number of nitrogens with zero attached hydrogens (tertiary/aromatic N) is 6. The van der Waals surface area contributed by atoms with Crippen molar-refractivity contribution in [3.63, 3.8) is 0 Å². The number of piperazine rings is 1. The van der Waals surface area contributed by atoms with Gasteiger partial charge in [0, 0.05) is 51.5 Å². The smallest absolute Gasteiger partial charge is 0.224 e. The van der Waals surface area contributed by atoms with E-state index < -0.39 is 0 Å². The molecule has 0 bridgehead atoms. The van der Waals surface area contributed by atoms with E-state index in [0.29, 0.717) is 13.0 Å². The Hall–Kier alpha value is -2.96. The van der Waals surface area contributed by atoms with Crippen molar-refractivity contribution >= 4 is 22.8 Å². The molecule has 0 spiro atoms. The SMILES string of the molecule is O=C(CCn1cnc2ccccc21)N1CCN(c2cnccn2)CC1. The fourth-order valence-corrected chi connectivity index (χ4v) is 3.20. The Morgan fingerprint density at radius 3 is 2.68 bits per heavy atom. The molecule has 1 fully saturated rings. The molecule has 1 aliphatic rings. The minimum Gasteiger partial charge on any atom is -0.352 e. The van der Waals surface area contributed by atoms with Crippen molar-refractivity contribution < 1.29 is 4.79 Å². The molecule has 0 atom stereocenters. The number of imidazole rings is 1. The number of rotatable bonds is 4. The van der Waals surface area contributed by atoms with Crippen molar-refractivity contribution in [2.75, 3.05) is 31.1 Å². The zero-order chi connectivity index (χ0) is 17.1. The highest BCUT2D eigenvalue weighted by Crippen LogP contribution is 2.14. The van der Waals surface area contributed by atoms with Crippen LogP contribution in [-0.4, -0.2) is 56.5 Å². The highest BCUT2D eigenvalue weighted by molar-refractivity contribution is 5.78. The molecule has 0 radical (unpaired) electrons. The van der Waals surface area contributed by atoms with Gasteiger partial charge in [0.25, 0.3) is 0 Å². The zero-order valence-corrected chi connectivity index (χ0v) is 14.0. The third-order valence-electron chi connectivity index (χ3n) is 4.60. The average molecular weight is 336 g/mol. The molecule has 1 aliphatic heterocycles. The van der Waals surface area contributed by atoms with Gasteiger partial charge >= 0.3 is 0 Å². The summed E-state index contributed by atoms with van der Waals surface area (Å²) in [7, 11) is 0. The van der Waals surface area contributed by atoms with Gasteiger partial charge in [-0.2, -0.15) is 0 Å². The van der Waals surface area contributed by atoms with Crippen LogP contribution in [0.2, 0.25) is 0 Å². The fraction of sp³-hybridized carbons (Fsp3) is 0.333. The van der Waals surface area contributed by atoms with Crippen molar-refractivity contribution in [1.82, 2.24) is 24.4 Å². The van der Waals surface area contributed by atoms with Gasteiger partial charge in [0.05, 0.1) is 23.6 Å². The van der Waals surface area contributed by atoms with E-state index in [-0.39, 0.29) is 5.91 Å². The highest BCUT2D eigenvalue weighted by Gasteiger charge is 2.21. The van der Waals surface area contributed by atoms with Crippen LogP contribution in [0.25, 0.3) is 11.0 Å². The number of fused-ring (bicyclic) bond motifs is 1. The molecule has 0 aliphatic carbocycles. The lowest BCUT2D eigenvalue weighted by molar-refractivity contribution is -0.131. The number of carbonyl (C=O) groups is 1. The summed E-state index contributed by atoms with van der Waals surface area (Å²) < 4.78 is 2.04. The summed E-state index contributed by atoms with van der Waals surface area (Å²) in [5.74, 6) is 1.07. The van der Waals surface area contributed by atoms with Gasteiger partial charge in [-0.05, 0) is 12.1 Å². The quantitative estimate of drug-likeness (QED) is 0.723. The summed E-state index contributed by atoms with van der Waals surface area (Å²) >= 11 is 0. The van der Waals surface area contributed by atoms with Crippen LogP contribution in [0.1, 0.15) is 6.42 Å². The van der Waals surface area contributed by atoms with E-state index in [1.54, 1.807) is 18.6 Å². The van der Waals surface area contributed by atoms with Crippen molar-refractivity contribution in [3.05, 3.63) is 49.2 Å². The minimum absolute atomic E-state index is 0.191. The maximum absolute atomic E-state index is 12.5. The molecule has 0 unspecified atom stereocenters. The van der Waals surface area contributed by atoms with E-state index in [1.165, 1.54) is 0 Å². The van der Waals surface area contributed by atoms with Crippen LogP contribution in [0.4, 0.5) is 5.82 Å². The molecule has 1 aromatic carbocycles. The van der Waals surface area contributed by atoms with Gasteiger partial charge in [0.2, 0.25) is 5.91 Å². The molecule has 128 valence electrons. The van der Waals surface area contributed by atoms with Crippen LogP contribution >= 0.6 is 0 Å². The van der Waals surface area contributed by atoms with Crippen molar-refractivity contribution in [3.8, 4) is 0 Å². The topological polar surface area (TPSA) is 67.2 Å². The number of hydrogen-bond donors (Lipinski definition) is 0. The van der Waals surface area contributed by atoms with Gasteiger partial charge < -0.3 is 14.4 Å². The van der Waals surface area contributed by atoms with E-state index >= 15 is 0 Å². The maximum Gasteiger partial charge on any atom is 0.224 e. The van der Waals surface area contributed by atoms with Gasteiger partial charge in [-0.25, -0.2) is 9.97 Å². The first-order chi connectivity index (χ1) is 12.3. The first kappa shape index (κ1) is 15.6. The number of aromatic nitrogens is 4. The second kappa shape index (κ2) is 6.88. The third kappa shape index (κ3) is 3.31. The number of aryl methyl sites for hydroxylation is 1. The summed E-state index contributed by atoms with van der Waals surface area (Å²) in [5.41, 5.74) is 2.04. The molecule has 3 aromatic rings. The molecule has 0 N–H and O–H groups in total. The molecule has 4 rings (SSSR count). The third-order valence-corrected chi connectivity index (χ3v) is 4.60. The summed E-state index contributed by atoms with van der Waals surface area (Å²) in [4.78, 5) is 29.4. The summed E-state index contributed by atoms with van der Waals surface area (Å²) in [6.45, 7) is 3.68. The Morgan fingerprint density at radius 2 is 1.88 bits per heavy atom. The minimum atomic E-state index is 0.191. The van der Waals surface area contributed by atoms with Crippen molar-refractivity contribution in [2.24, 2.45) is 0 Å². The molecular formula is C18H20N6O. The zero-order valence-electron chi connectivity index (χ0n) is 14.0. The van der Waals surface area contributed by atoms with Crippen LogP contribution in [0.5, 0.6) is 0 Å². The number of amides is 1. The van der Waals surface area contributed by atoms with E-state index in [4.69, 9.17) is 0 Å². The number of carbonyl (C=O) groups excluding carboxylic acids is 1. The molecule has 0 saturated carbocycles. The molecular weight excluding hydrogens is 316 g/mol. The van der Waals surface area contributed by atoms with Crippen LogP contribution in [0.15, 0.2) is 49.2 Å². The molecule has 1 saturated heterocycles. The Morgan fingerprint density at radius 1 is 1.04 bits per heavy atom. The second-order valence-corrected chi connectivity index (χ2v) is 6.11. The molecule has 3 heterocycles. The first-order valence-corrected chi connectivity index (χ1v) is 8.50. The standard InChI is InChI=1S/C18H20N6O/c25-18(5-8-24-14-21-15-3-1-2-4-16(15)24)23-11-9-22(10-12-23)17-13-19-6-7-20-17/h1-4,6-7,13-14H,5,8-12H2. The van der Waals surface area contributed by atoms with Crippen molar-refractivity contribution in [1.29, 1.82) is 0 Å². The second-order valence-electron chi connectivity index (χ2n) is 6.11. The molecule has 7 nitrogen and oxygen atoms in total. The first-order valence-electron chi connectivity index (χ1n) is 8.50. The molecule has 25 heavy (non-hydrogen) atoms. The largest absolute Gasteiger partial charge is 0.352 e. The van der Waals surface area contributed by atoms with Crippen LogP contribution in [-0.2, 0) is 11.3 Å². The van der Waals surface area contributed by atoms with Gasteiger partial charge in [-0.1, -0.05) is 12.1 Å². The fourth-order valence-electron chi connectivity index (χ4n) is 3.20. The Kier molecular flexibility index (Phi) is 4.28. The van der Waals surface area contributed by atoms with Gasteiger partial charge in [-0.3, -0.25) is 9.78 Å². The van der Waals surface area contributed by atoms with E-state index in [2.05, 4.69) is 19.9 Å². The average Bonchev–Trinajstić information content (AvgIpc) is 3.10.